The van der Waals surface area contributed by atoms with Crippen LogP contribution in [0.25, 0.3) is 11.3 Å². The molecular formula is C22H25ClF3N5O3. The smallest absolute Gasteiger partial charge is 0.411 e. The molecule has 0 spiro atoms. The van der Waals surface area contributed by atoms with Crippen LogP contribution in [0, 0.1) is 5.92 Å². The fraction of sp³-hybridized carbons (Fsp3) is 0.545. The van der Waals surface area contributed by atoms with Crippen LogP contribution in [-0.2, 0) is 4.79 Å². The van der Waals surface area contributed by atoms with Gasteiger partial charge in [-0.2, -0.15) is 18.3 Å². The number of hydrogen-bond acceptors (Lipinski definition) is 5. The molecule has 0 unspecified atom stereocenters. The number of rotatable bonds is 5. The van der Waals surface area contributed by atoms with Gasteiger partial charge >= 0.3 is 6.18 Å². The number of halogens is 4. The maximum atomic E-state index is 13.6. The Morgan fingerprint density at radius 2 is 1.91 bits per heavy atom. The Bertz CT molecular complexity index is 1060. The molecule has 4 rings (SSSR count). The van der Waals surface area contributed by atoms with Gasteiger partial charge < -0.3 is 15.0 Å². The molecule has 2 aliphatic rings. The van der Waals surface area contributed by atoms with Crippen LogP contribution in [0.2, 0.25) is 5.02 Å². The number of pyridine rings is 1. The van der Waals surface area contributed by atoms with Crippen molar-refractivity contribution < 1.29 is 27.5 Å². The molecule has 8 nitrogen and oxygen atoms in total. The summed E-state index contributed by atoms with van der Waals surface area (Å²) in [6.07, 6.45) is -1.76. The number of aromatic amines is 1. The number of piperidine rings is 1. The SMILES string of the molecule is COc1cc(-c2cc(C(=O)N3CCC(C(=O)NC4(C(F)(F)F)CCCC4)CC3)[nH]n2)c(Cl)cn1. The van der Waals surface area contributed by atoms with Gasteiger partial charge in [0.25, 0.3) is 5.91 Å². The molecule has 34 heavy (non-hydrogen) atoms. The van der Waals surface area contributed by atoms with E-state index in [2.05, 4.69) is 20.5 Å². The zero-order valence-electron chi connectivity index (χ0n) is 18.5. The van der Waals surface area contributed by atoms with Crippen molar-refractivity contribution in [3.63, 3.8) is 0 Å². The summed E-state index contributed by atoms with van der Waals surface area (Å²) in [5.74, 6) is -1.11. The first-order chi connectivity index (χ1) is 16.1. The quantitative estimate of drug-likeness (QED) is 0.648. The van der Waals surface area contributed by atoms with Gasteiger partial charge in [-0.3, -0.25) is 14.7 Å². The van der Waals surface area contributed by atoms with E-state index in [1.165, 1.54) is 13.3 Å². The van der Waals surface area contributed by atoms with Crippen molar-refractivity contribution in [2.45, 2.75) is 50.2 Å². The third kappa shape index (κ3) is 4.70. The molecule has 1 aliphatic carbocycles. The van der Waals surface area contributed by atoms with E-state index in [4.69, 9.17) is 16.3 Å². The zero-order chi connectivity index (χ0) is 24.5. The van der Waals surface area contributed by atoms with Crippen molar-refractivity contribution in [3.8, 4) is 17.1 Å². The number of alkyl halides is 3. The summed E-state index contributed by atoms with van der Waals surface area (Å²) < 4.78 is 45.9. The normalized spacial score (nSPS) is 18.7. The van der Waals surface area contributed by atoms with Crippen LogP contribution in [-0.4, -0.2) is 63.8 Å². The number of nitrogens with one attached hydrogen (secondary N) is 2. The Labute approximate surface area is 199 Å². The number of ether oxygens (including phenoxy) is 1. The number of nitrogens with zero attached hydrogens (tertiary/aromatic N) is 3. The predicted molar refractivity (Wildman–Crippen MR) is 117 cm³/mol. The number of likely N-dealkylation sites (tertiary alicyclic amines) is 1. The molecule has 184 valence electrons. The predicted octanol–water partition coefficient (Wildman–Crippen LogP) is 3.98. The number of carbonyl (C=O) groups excluding carboxylic acids is 2. The van der Waals surface area contributed by atoms with Crippen LogP contribution in [0.3, 0.4) is 0 Å². The summed E-state index contributed by atoms with van der Waals surface area (Å²) in [5, 5.41) is 9.51. The van der Waals surface area contributed by atoms with E-state index in [0.29, 0.717) is 47.8 Å². The molecule has 2 N–H and O–H groups in total. The van der Waals surface area contributed by atoms with Crippen molar-refractivity contribution in [1.82, 2.24) is 25.4 Å². The van der Waals surface area contributed by atoms with Crippen LogP contribution in [0.4, 0.5) is 13.2 Å². The molecule has 2 amide bonds. The maximum Gasteiger partial charge on any atom is 0.411 e. The number of aromatic nitrogens is 3. The van der Waals surface area contributed by atoms with Crippen molar-refractivity contribution in [2.24, 2.45) is 5.92 Å². The molecule has 0 aromatic carbocycles. The minimum Gasteiger partial charge on any atom is -0.481 e. The molecule has 0 bridgehead atoms. The lowest BCUT2D eigenvalue weighted by atomic mass is 9.91. The first-order valence-electron chi connectivity index (χ1n) is 11.1. The lowest BCUT2D eigenvalue weighted by molar-refractivity contribution is -0.197. The Kier molecular flexibility index (Phi) is 6.75. The third-order valence-electron chi connectivity index (χ3n) is 6.64. The van der Waals surface area contributed by atoms with E-state index >= 15 is 0 Å². The van der Waals surface area contributed by atoms with Crippen molar-refractivity contribution in [2.75, 3.05) is 20.2 Å². The lowest BCUT2D eigenvalue weighted by Crippen LogP contribution is -2.58. The largest absolute Gasteiger partial charge is 0.481 e. The van der Waals surface area contributed by atoms with E-state index in [1.807, 2.05) is 0 Å². The fourth-order valence-electron chi connectivity index (χ4n) is 4.61. The molecule has 1 aliphatic heterocycles. The molecule has 1 saturated heterocycles. The molecule has 2 aromatic heterocycles. The van der Waals surface area contributed by atoms with Gasteiger partial charge in [-0.1, -0.05) is 24.4 Å². The molecular weight excluding hydrogens is 475 g/mol. The summed E-state index contributed by atoms with van der Waals surface area (Å²) in [6, 6.07) is 3.17. The Balaban J connectivity index is 1.38. The molecule has 2 aromatic rings. The number of amides is 2. The first kappa shape index (κ1) is 24.3. The molecule has 0 atom stereocenters. The molecule has 3 heterocycles. The van der Waals surface area contributed by atoms with Gasteiger partial charge in [0.1, 0.15) is 11.2 Å². The third-order valence-corrected chi connectivity index (χ3v) is 6.94. The average Bonchev–Trinajstić information content (AvgIpc) is 3.49. The van der Waals surface area contributed by atoms with E-state index in [0.717, 1.165) is 0 Å². The van der Waals surface area contributed by atoms with Crippen LogP contribution >= 0.6 is 11.6 Å². The van der Waals surface area contributed by atoms with E-state index < -0.39 is 23.5 Å². The highest BCUT2D eigenvalue weighted by atomic mass is 35.5. The highest BCUT2D eigenvalue weighted by Crippen LogP contribution is 2.43. The van der Waals surface area contributed by atoms with Gasteiger partial charge in [0.05, 0.1) is 24.0 Å². The van der Waals surface area contributed by atoms with Gasteiger partial charge in [0.15, 0.2) is 0 Å². The minimum absolute atomic E-state index is 0.0882. The maximum absolute atomic E-state index is 13.6. The van der Waals surface area contributed by atoms with Crippen LogP contribution in [0.5, 0.6) is 5.88 Å². The van der Waals surface area contributed by atoms with Crippen molar-refractivity contribution in [1.29, 1.82) is 0 Å². The number of hydrogen-bond donors (Lipinski definition) is 2. The van der Waals surface area contributed by atoms with Gasteiger partial charge in [-0.15, -0.1) is 0 Å². The van der Waals surface area contributed by atoms with E-state index in [-0.39, 0.29) is 37.5 Å². The van der Waals surface area contributed by atoms with Crippen LogP contribution in [0.15, 0.2) is 18.3 Å². The van der Waals surface area contributed by atoms with Gasteiger partial charge in [0.2, 0.25) is 11.8 Å². The Morgan fingerprint density at radius 3 is 2.53 bits per heavy atom. The zero-order valence-corrected chi connectivity index (χ0v) is 19.3. The number of methoxy groups -OCH3 is 1. The topological polar surface area (TPSA) is 100 Å². The molecule has 1 saturated carbocycles. The summed E-state index contributed by atoms with van der Waals surface area (Å²) in [6.45, 7) is 0.516. The minimum atomic E-state index is -4.48. The van der Waals surface area contributed by atoms with Crippen LogP contribution < -0.4 is 10.1 Å². The molecule has 0 radical (unpaired) electrons. The van der Waals surface area contributed by atoms with Gasteiger partial charge in [0, 0.05) is 30.6 Å². The number of H-pyrrole nitrogens is 1. The first-order valence-corrected chi connectivity index (χ1v) is 11.4. The van der Waals surface area contributed by atoms with E-state index in [9.17, 15) is 22.8 Å². The standard InChI is InChI=1S/C22H25ClF3N5O3/c1-34-18-10-14(15(23)12-27-18)16-11-17(30-29-16)20(33)31-8-4-13(5-9-31)19(32)28-21(22(24,25)26)6-2-3-7-21/h10-13H,2-9H2,1H3,(H,28,32)(H,29,30). The summed E-state index contributed by atoms with van der Waals surface area (Å²) in [5.41, 5.74) is -0.894. The Morgan fingerprint density at radius 1 is 1.24 bits per heavy atom. The fourth-order valence-corrected chi connectivity index (χ4v) is 4.81. The van der Waals surface area contributed by atoms with Crippen LogP contribution in [0.1, 0.15) is 49.0 Å². The second-order valence-electron chi connectivity index (χ2n) is 8.72. The van der Waals surface area contributed by atoms with Gasteiger partial charge in [-0.05, 0) is 31.7 Å². The Hall–Kier alpha value is -2.82. The lowest BCUT2D eigenvalue weighted by Gasteiger charge is -2.36. The summed E-state index contributed by atoms with van der Waals surface area (Å²) in [7, 11) is 1.47. The highest BCUT2D eigenvalue weighted by molar-refractivity contribution is 6.33. The second-order valence-corrected chi connectivity index (χ2v) is 9.12. The van der Waals surface area contributed by atoms with Gasteiger partial charge in [-0.25, -0.2) is 4.98 Å². The summed E-state index contributed by atoms with van der Waals surface area (Å²) >= 11 is 6.19. The second kappa shape index (κ2) is 9.44. The monoisotopic (exact) mass is 499 g/mol. The van der Waals surface area contributed by atoms with E-state index in [1.54, 1.807) is 17.0 Å². The summed E-state index contributed by atoms with van der Waals surface area (Å²) in [4.78, 5) is 31.1. The number of carbonyl (C=O) groups is 2. The average molecular weight is 500 g/mol. The van der Waals surface area contributed by atoms with Crippen molar-refractivity contribution >= 4 is 23.4 Å². The van der Waals surface area contributed by atoms with Crippen molar-refractivity contribution in [3.05, 3.63) is 29.0 Å². The highest BCUT2D eigenvalue weighted by Gasteiger charge is 2.57. The molecule has 2 fully saturated rings. The molecule has 12 heteroatoms.